The fraction of sp³-hybridized carbons (Fsp3) is 0.257. The van der Waals surface area contributed by atoms with Gasteiger partial charge in [0.25, 0.3) is 10.0 Å². The summed E-state index contributed by atoms with van der Waals surface area (Å²) in [7, 11) is -4.18. The SMILES string of the molecule is CCNC(=O)[C@H](Cc1ccccc1)N(Cc1ccccc1Cl)C(=O)CN(c1cc(C)ccc1C)S(=O)(=O)c1ccc(C)cc1. The first kappa shape index (κ1) is 32.8. The maximum absolute atomic E-state index is 14.5. The van der Waals surface area contributed by atoms with Gasteiger partial charge in [0.2, 0.25) is 11.8 Å². The van der Waals surface area contributed by atoms with Crippen LogP contribution in [0.5, 0.6) is 0 Å². The van der Waals surface area contributed by atoms with E-state index in [0.29, 0.717) is 28.4 Å². The number of likely N-dealkylation sites (N-methyl/N-ethyl adjacent to an activating group) is 1. The molecule has 7 nitrogen and oxygen atoms in total. The summed E-state index contributed by atoms with van der Waals surface area (Å²) in [6, 6.07) is 27.7. The number of rotatable bonds is 12. The van der Waals surface area contributed by atoms with Crippen molar-refractivity contribution in [2.45, 2.75) is 51.6 Å². The Balaban J connectivity index is 1.83. The molecular formula is C35H38ClN3O4S. The molecule has 0 aliphatic rings. The van der Waals surface area contributed by atoms with Gasteiger partial charge in [0.1, 0.15) is 12.6 Å². The third-order valence-electron chi connectivity index (χ3n) is 7.44. The van der Waals surface area contributed by atoms with Crippen molar-refractivity contribution in [3.8, 4) is 0 Å². The highest BCUT2D eigenvalue weighted by atomic mass is 35.5. The molecule has 4 rings (SSSR count). The predicted molar refractivity (Wildman–Crippen MR) is 176 cm³/mol. The zero-order valence-corrected chi connectivity index (χ0v) is 27.0. The summed E-state index contributed by atoms with van der Waals surface area (Å²) in [5, 5.41) is 3.31. The summed E-state index contributed by atoms with van der Waals surface area (Å²) >= 11 is 6.54. The second-order valence-corrected chi connectivity index (χ2v) is 13.1. The Morgan fingerprint density at radius 2 is 1.48 bits per heavy atom. The Labute approximate surface area is 265 Å². The van der Waals surface area contributed by atoms with E-state index in [1.807, 2.05) is 76.2 Å². The van der Waals surface area contributed by atoms with Crippen LogP contribution in [0.4, 0.5) is 5.69 Å². The lowest BCUT2D eigenvalue weighted by Crippen LogP contribution is -2.53. The summed E-state index contributed by atoms with van der Waals surface area (Å²) in [6.07, 6.45) is 0.233. The Morgan fingerprint density at radius 1 is 0.841 bits per heavy atom. The number of nitrogens with one attached hydrogen (secondary N) is 1. The summed E-state index contributed by atoms with van der Waals surface area (Å²) in [5.41, 5.74) is 4.36. The van der Waals surface area contributed by atoms with Crippen LogP contribution in [0.2, 0.25) is 5.02 Å². The summed E-state index contributed by atoms with van der Waals surface area (Å²) in [5.74, 6) is -0.870. The number of carbonyl (C=O) groups excluding carboxylic acids is 2. The van der Waals surface area contributed by atoms with Crippen molar-refractivity contribution in [2.24, 2.45) is 0 Å². The number of hydrogen-bond donors (Lipinski definition) is 1. The summed E-state index contributed by atoms with van der Waals surface area (Å²) in [6.45, 7) is 7.24. The van der Waals surface area contributed by atoms with Crippen LogP contribution in [0, 0.1) is 20.8 Å². The lowest BCUT2D eigenvalue weighted by Gasteiger charge is -2.34. The lowest BCUT2D eigenvalue weighted by atomic mass is 10.0. The molecule has 0 aliphatic heterocycles. The van der Waals surface area contributed by atoms with E-state index < -0.39 is 28.5 Å². The van der Waals surface area contributed by atoms with Crippen molar-refractivity contribution in [1.29, 1.82) is 0 Å². The zero-order chi connectivity index (χ0) is 31.9. The van der Waals surface area contributed by atoms with Crippen molar-refractivity contribution in [3.05, 3.63) is 130 Å². The monoisotopic (exact) mass is 631 g/mol. The van der Waals surface area contributed by atoms with Crippen LogP contribution < -0.4 is 9.62 Å². The van der Waals surface area contributed by atoms with Gasteiger partial charge < -0.3 is 10.2 Å². The summed E-state index contributed by atoms with van der Waals surface area (Å²) in [4.78, 5) is 29.6. The number of halogens is 1. The van der Waals surface area contributed by atoms with E-state index >= 15 is 0 Å². The minimum absolute atomic E-state index is 0.0123. The fourth-order valence-corrected chi connectivity index (χ4v) is 6.66. The quantitative estimate of drug-likeness (QED) is 0.201. The molecule has 44 heavy (non-hydrogen) atoms. The van der Waals surface area contributed by atoms with E-state index in [4.69, 9.17) is 11.6 Å². The number of aryl methyl sites for hydroxylation is 3. The Hall–Kier alpha value is -4.14. The molecule has 0 radical (unpaired) electrons. The van der Waals surface area contributed by atoms with Crippen molar-refractivity contribution in [2.75, 3.05) is 17.4 Å². The van der Waals surface area contributed by atoms with E-state index in [-0.39, 0.29) is 23.8 Å². The van der Waals surface area contributed by atoms with Crippen LogP contribution in [0.3, 0.4) is 0 Å². The maximum atomic E-state index is 14.5. The Kier molecular flexibility index (Phi) is 10.8. The lowest BCUT2D eigenvalue weighted by molar-refractivity contribution is -0.140. The minimum atomic E-state index is -4.18. The number of anilines is 1. The van der Waals surface area contributed by atoms with Gasteiger partial charge in [0, 0.05) is 24.5 Å². The number of amides is 2. The molecule has 2 amide bonds. The zero-order valence-electron chi connectivity index (χ0n) is 25.5. The predicted octanol–water partition coefficient (Wildman–Crippen LogP) is 6.24. The van der Waals surface area contributed by atoms with Gasteiger partial charge >= 0.3 is 0 Å². The normalized spacial score (nSPS) is 11.9. The van der Waals surface area contributed by atoms with Crippen LogP contribution in [0.25, 0.3) is 0 Å². The van der Waals surface area contributed by atoms with Crippen molar-refractivity contribution < 1.29 is 18.0 Å². The third kappa shape index (κ3) is 7.87. The van der Waals surface area contributed by atoms with Gasteiger partial charge in [-0.3, -0.25) is 13.9 Å². The van der Waals surface area contributed by atoms with Gasteiger partial charge in [-0.15, -0.1) is 0 Å². The van der Waals surface area contributed by atoms with Crippen LogP contribution in [0.1, 0.15) is 34.7 Å². The largest absolute Gasteiger partial charge is 0.355 e. The molecule has 1 atom stereocenters. The van der Waals surface area contributed by atoms with Gasteiger partial charge in [-0.2, -0.15) is 0 Å². The van der Waals surface area contributed by atoms with Crippen molar-refractivity contribution in [3.63, 3.8) is 0 Å². The minimum Gasteiger partial charge on any atom is -0.355 e. The highest BCUT2D eigenvalue weighted by Crippen LogP contribution is 2.29. The van der Waals surface area contributed by atoms with Crippen LogP contribution >= 0.6 is 11.6 Å². The second kappa shape index (κ2) is 14.6. The molecule has 0 saturated heterocycles. The van der Waals surface area contributed by atoms with Crippen LogP contribution in [0.15, 0.2) is 102 Å². The van der Waals surface area contributed by atoms with E-state index in [1.54, 1.807) is 48.5 Å². The molecule has 0 heterocycles. The first-order valence-corrected chi connectivity index (χ1v) is 16.3. The van der Waals surface area contributed by atoms with Crippen molar-refractivity contribution in [1.82, 2.24) is 10.2 Å². The standard InChI is InChI=1S/C35H38ClN3O4S/c1-5-37-35(41)33(22-28-11-7-6-8-12-28)38(23-29-13-9-10-14-31(29)36)34(40)24-39(32-21-26(3)15-18-27(32)4)44(42,43)30-19-16-25(2)17-20-30/h6-21,33H,5,22-24H2,1-4H3,(H,37,41)/t33-/m0/s1. The molecular weight excluding hydrogens is 594 g/mol. The smallest absolute Gasteiger partial charge is 0.264 e. The average Bonchev–Trinajstić information content (AvgIpc) is 3.00. The molecule has 4 aromatic rings. The molecule has 4 aromatic carbocycles. The molecule has 0 saturated carbocycles. The summed E-state index contributed by atoms with van der Waals surface area (Å²) < 4.78 is 29.6. The Bertz CT molecular complexity index is 1710. The molecule has 0 spiro atoms. The van der Waals surface area contributed by atoms with Gasteiger partial charge in [0.15, 0.2) is 0 Å². The van der Waals surface area contributed by atoms with E-state index in [9.17, 15) is 18.0 Å². The van der Waals surface area contributed by atoms with E-state index in [2.05, 4.69) is 5.32 Å². The molecule has 230 valence electrons. The van der Waals surface area contributed by atoms with E-state index in [0.717, 1.165) is 21.0 Å². The molecule has 1 N–H and O–H groups in total. The molecule has 0 aliphatic carbocycles. The van der Waals surface area contributed by atoms with Crippen molar-refractivity contribution >= 4 is 39.1 Å². The average molecular weight is 632 g/mol. The number of carbonyl (C=O) groups is 2. The number of nitrogens with zero attached hydrogens (tertiary/aromatic N) is 2. The van der Waals surface area contributed by atoms with Gasteiger partial charge in [-0.1, -0.05) is 90.0 Å². The maximum Gasteiger partial charge on any atom is 0.264 e. The molecule has 0 aromatic heterocycles. The van der Waals surface area contributed by atoms with Gasteiger partial charge in [-0.05, 0) is 74.2 Å². The first-order valence-electron chi connectivity index (χ1n) is 14.5. The number of sulfonamides is 1. The van der Waals surface area contributed by atoms with E-state index in [1.165, 1.54) is 4.90 Å². The second-order valence-electron chi connectivity index (χ2n) is 10.8. The topological polar surface area (TPSA) is 86.8 Å². The van der Waals surface area contributed by atoms with Gasteiger partial charge in [0.05, 0.1) is 10.6 Å². The van der Waals surface area contributed by atoms with Crippen LogP contribution in [-0.2, 0) is 32.6 Å². The van der Waals surface area contributed by atoms with Gasteiger partial charge in [-0.25, -0.2) is 8.42 Å². The highest BCUT2D eigenvalue weighted by Gasteiger charge is 2.35. The van der Waals surface area contributed by atoms with Crippen LogP contribution in [-0.4, -0.2) is 44.3 Å². The highest BCUT2D eigenvalue weighted by molar-refractivity contribution is 7.92. The molecule has 9 heteroatoms. The molecule has 0 bridgehead atoms. The fourth-order valence-electron chi connectivity index (χ4n) is 5.00. The number of benzene rings is 4. The number of hydrogen-bond acceptors (Lipinski definition) is 4. The molecule has 0 unspecified atom stereocenters. The molecule has 0 fully saturated rings. The third-order valence-corrected chi connectivity index (χ3v) is 9.58. The first-order chi connectivity index (χ1) is 21.0. The Morgan fingerprint density at radius 3 is 2.14 bits per heavy atom.